The molecular formula is C7H14N. The molecule has 47 valence electrons. The van der Waals surface area contributed by atoms with E-state index in [4.69, 9.17) is 0 Å². The highest BCUT2D eigenvalue weighted by Gasteiger charge is 2.13. The zero-order chi connectivity index (χ0) is 5.98. The van der Waals surface area contributed by atoms with Crippen molar-refractivity contribution in [2.24, 2.45) is 0 Å². The zero-order valence-corrected chi connectivity index (χ0v) is 5.72. The largest absolute Gasteiger partial charge is 0.236 e. The first-order chi connectivity index (χ1) is 3.79. The van der Waals surface area contributed by atoms with Gasteiger partial charge < -0.3 is 0 Å². The van der Waals surface area contributed by atoms with E-state index < -0.39 is 0 Å². The minimum atomic E-state index is 0.638. The molecule has 0 spiro atoms. The van der Waals surface area contributed by atoms with Gasteiger partial charge in [-0.2, -0.15) is 0 Å². The standard InChI is InChI=1S/C7H14N/c1-6-4-3-5-7(2)8-6/h6-7H,3-5H2,1-2H3/t6-,7+. The molecule has 2 atom stereocenters. The molecule has 1 fully saturated rings. The first-order valence-corrected chi connectivity index (χ1v) is 3.49. The predicted molar refractivity (Wildman–Crippen MR) is 34.9 cm³/mol. The van der Waals surface area contributed by atoms with Gasteiger partial charge >= 0.3 is 0 Å². The minimum absolute atomic E-state index is 0.638. The van der Waals surface area contributed by atoms with E-state index in [1.54, 1.807) is 0 Å². The summed E-state index contributed by atoms with van der Waals surface area (Å²) < 4.78 is 0. The van der Waals surface area contributed by atoms with E-state index in [0.717, 1.165) is 0 Å². The third kappa shape index (κ3) is 1.48. The van der Waals surface area contributed by atoms with E-state index in [9.17, 15) is 0 Å². The van der Waals surface area contributed by atoms with E-state index >= 15 is 0 Å². The highest BCUT2D eigenvalue weighted by molar-refractivity contribution is 4.72. The van der Waals surface area contributed by atoms with Crippen molar-refractivity contribution in [3.05, 3.63) is 0 Å². The van der Waals surface area contributed by atoms with Gasteiger partial charge in [0.1, 0.15) is 0 Å². The summed E-state index contributed by atoms with van der Waals surface area (Å²) in [6.45, 7) is 4.41. The van der Waals surface area contributed by atoms with Crippen molar-refractivity contribution in [1.29, 1.82) is 0 Å². The second-order valence-corrected chi connectivity index (χ2v) is 2.78. The Labute approximate surface area is 51.5 Å². The van der Waals surface area contributed by atoms with Gasteiger partial charge in [0, 0.05) is 12.1 Å². The molecule has 0 N–H and O–H groups in total. The molecule has 1 saturated heterocycles. The lowest BCUT2D eigenvalue weighted by molar-refractivity contribution is 0.344. The Hall–Kier alpha value is -0.0400. The summed E-state index contributed by atoms with van der Waals surface area (Å²) in [4.78, 5) is 0. The van der Waals surface area contributed by atoms with Gasteiger partial charge in [0.25, 0.3) is 0 Å². The number of rotatable bonds is 0. The van der Waals surface area contributed by atoms with Crippen LogP contribution in [0, 0.1) is 0 Å². The Morgan fingerprint density at radius 2 is 1.62 bits per heavy atom. The highest BCUT2D eigenvalue weighted by atomic mass is 14.9. The normalized spacial score (nSPS) is 39.8. The molecule has 0 aromatic rings. The third-order valence-electron chi connectivity index (χ3n) is 1.75. The van der Waals surface area contributed by atoms with Gasteiger partial charge in [-0.15, -0.1) is 0 Å². The van der Waals surface area contributed by atoms with Crippen LogP contribution >= 0.6 is 0 Å². The van der Waals surface area contributed by atoms with Crippen molar-refractivity contribution >= 4 is 0 Å². The lowest BCUT2D eigenvalue weighted by atomic mass is 10.0. The Kier molecular flexibility index (Phi) is 1.90. The Bertz CT molecular complexity index is 62.8. The summed E-state index contributed by atoms with van der Waals surface area (Å²) in [5.74, 6) is 0. The summed E-state index contributed by atoms with van der Waals surface area (Å²) in [6.07, 6.45) is 4.00. The fraction of sp³-hybridized carbons (Fsp3) is 1.00. The molecule has 0 unspecified atom stereocenters. The van der Waals surface area contributed by atoms with Crippen LogP contribution in [0.4, 0.5) is 0 Å². The van der Waals surface area contributed by atoms with E-state index in [-0.39, 0.29) is 0 Å². The van der Waals surface area contributed by atoms with Crippen LogP contribution in [-0.2, 0) is 0 Å². The molecule has 1 heteroatoms. The molecule has 8 heavy (non-hydrogen) atoms. The van der Waals surface area contributed by atoms with Gasteiger partial charge in [-0.05, 0) is 26.7 Å². The monoisotopic (exact) mass is 112 g/mol. The molecule has 0 bridgehead atoms. The smallest absolute Gasteiger partial charge is 0.0220 e. The van der Waals surface area contributed by atoms with E-state index in [2.05, 4.69) is 19.2 Å². The minimum Gasteiger partial charge on any atom is -0.236 e. The molecule has 1 rings (SSSR count). The fourth-order valence-corrected chi connectivity index (χ4v) is 1.29. The Balaban J connectivity index is 2.23. The second kappa shape index (κ2) is 2.49. The molecule has 0 aliphatic carbocycles. The molecular weight excluding hydrogens is 98.1 g/mol. The topological polar surface area (TPSA) is 14.1 Å². The third-order valence-corrected chi connectivity index (χ3v) is 1.75. The summed E-state index contributed by atoms with van der Waals surface area (Å²) in [5.41, 5.74) is 0. The van der Waals surface area contributed by atoms with Crippen LogP contribution in [0.15, 0.2) is 0 Å². The molecule has 0 amide bonds. The number of hydrogen-bond donors (Lipinski definition) is 0. The SMILES string of the molecule is C[C@@H]1CCC[C@H](C)[N]1. The van der Waals surface area contributed by atoms with Crippen molar-refractivity contribution in [2.75, 3.05) is 0 Å². The van der Waals surface area contributed by atoms with Crippen LogP contribution in [0.25, 0.3) is 0 Å². The number of hydrogen-bond acceptors (Lipinski definition) is 0. The van der Waals surface area contributed by atoms with E-state index in [1.807, 2.05) is 0 Å². The van der Waals surface area contributed by atoms with Gasteiger partial charge in [0.05, 0.1) is 0 Å². The van der Waals surface area contributed by atoms with Crippen LogP contribution in [0.3, 0.4) is 0 Å². The molecule has 1 heterocycles. The van der Waals surface area contributed by atoms with Gasteiger partial charge in [0.15, 0.2) is 0 Å². The van der Waals surface area contributed by atoms with Crippen molar-refractivity contribution in [1.82, 2.24) is 5.32 Å². The summed E-state index contributed by atoms with van der Waals surface area (Å²) >= 11 is 0. The van der Waals surface area contributed by atoms with Crippen molar-refractivity contribution in [3.63, 3.8) is 0 Å². The first kappa shape index (κ1) is 6.09. The van der Waals surface area contributed by atoms with Crippen molar-refractivity contribution < 1.29 is 0 Å². The molecule has 0 saturated carbocycles. The summed E-state index contributed by atoms with van der Waals surface area (Å²) in [7, 11) is 0. The molecule has 0 aromatic heterocycles. The number of nitrogens with zero attached hydrogens (tertiary/aromatic N) is 1. The molecule has 1 nitrogen and oxygen atoms in total. The van der Waals surface area contributed by atoms with Crippen molar-refractivity contribution in [2.45, 2.75) is 45.2 Å². The maximum atomic E-state index is 4.48. The van der Waals surface area contributed by atoms with Crippen LogP contribution in [0.1, 0.15) is 33.1 Å². The first-order valence-electron chi connectivity index (χ1n) is 3.49. The fourth-order valence-electron chi connectivity index (χ4n) is 1.29. The highest BCUT2D eigenvalue weighted by Crippen LogP contribution is 2.12. The van der Waals surface area contributed by atoms with Gasteiger partial charge in [-0.3, -0.25) is 0 Å². The van der Waals surface area contributed by atoms with Gasteiger partial charge in [-0.1, -0.05) is 6.42 Å². The molecule has 0 aromatic carbocycles. The quantitative estimate of drug-likeness (QED) is 0.451. The van der Waals surface area contributed by atoms with Crippen LogP contribution < -0.4 is 5.32 Å². The Morgan fingerprint density at radius 3 is 1.88 bits per heavy atom. The van der Waals surface area contributed by atoms with Crippen LogP contribution in [0.2, 0.25) is 0 Å². The Morgan fingerprint density at radius 1 is 1.12 bits per heavy atom. The maximum absolute atomic E-state index is 4.48. The number of piperidine rings is 1. The zero-order valence-electron chi connectivity index (χ0n) is 5.72. The average molecular weight is 112 g/mol. The maximum Gasteiger partial charge on any atom is 0.0220 e. The summed E-state index contributed by atoms with van der Waals surface area (Å²) in [5, 5.41) is 4.48. The van der Waals surface area contributed by atoms with Crippen LogP contribution in [-0.4, -0.2) is 12.1 Å². The average Bonchev–Trinajstić information content (AvgIpc) is 1.64. The molecule has 1 aliphatic rings. The van der Waals surface area contributed by atoms with Crippen molar-refractivity contribution in [3.8, 4) is 0 Å². The second-order valence-electron chi connectivity index (χ2n) is 2.78. The predicted octanol–water partition coefficient (Wildman–Crippen LogP) is 1.55. The van der Waals surface area contributed by atoms with E-state index in [1.165, 1.54) is 19.3 Å². The lowest BCUT2D eigenvalue weighted by Gasteiger charge is -2.23. The van der Waals surface area contributed by atoms with Gasteiger partial charge in [-0.25, -0.2) is 5.32 Å². The summed E-state index contributed by atoms with van der Waals surface area (Å²) in [6, 6.07) is 1.28. The molecule has 1 aliphatic heterocycles. The lowest BCUT2D eigenvalue weighted by Crippen LogP contribution is -2.31. The van der Waals surface area contributed by atoms with Gasteiger partial charge in [0.2, 0.25) is 0 Å². The van der Waals surface area contributed by atoms with Crippen LogP contribution in [0.5, 0.6) is 0 Å². The van der Waals surface area contributed by atoms with E-state index in [0.29, 0.717) is 12.1 Å². The molecule has 1 radical (unpaired) electrons.